The number of aliphatic hydroxyl groups is 1. The lowest BCUT2D eigenvalue weighted by atomic mass is 10.1. The molecule has 1 aliphatic carbocycles. The van der Waals surface area contributed by atoms with Crippen LogP contribution >= 0.6 is 15.9 Å². The van der Waals surface area contributed by atoms with Crippen molar-refractivity contribution in [1.82, 2.24) is 0 Å². The summed E-state index contributed by atoms with van der Waals surface area (Å²) in [6, 6.07) is 3.86. The van der Waals surface area contributed by atoms with E-state index in [-0.39, 0.29) is 6.61 Å². The lowest BCUT2D eigenvalue weighted by Crippen LogP contribution is -2.04. The average molecular weight is 287 g/mol. The number of halogens is 1. The van der Waals surface area contributed by atoms with Crippen molar-refractivity contribution in [2.75, 3.05) is 13.7 Å². The van der Waals surface area contributed by atoms with Crippen molar-refractivity contribution in [2.24, 2.45) is 0 Å². The molecule has 0 bridgehead atoms. The maximum Gasteiger partial charge on any atom is 0.164 e. The molecule has 0 radical (unpaired) electrons. The molecule has 1 saturated carbocycles. The number of ether oxygens (including phenoxy) is 2. The van der Waals surface area contributed by atoms with Crippen molar-refractivity contribution >= 4 is 15.9 Å². The molecule has 1 fully saturated rings. The Balaban J connectivity index is 2.33. The van der Waals surface area contributed by atoms with Gasteiger partial charge in [0.05, 0.1) is 13.2 Å². The third-order valence-electron chi connectivity index (χ3n) is 2.51. The van der Waals surface area contributed by atoms with Crippen LogP contribution in [-0.2, 0) is 6.42 Å². The Labute approximate surface area is 104 Å². The predicted octanol–water partition coefficient (Wildman–Crippen LogP) is 2.53. The van der Waals surface area contributed by atoms with Crippen LogP contribution in [0.3, 0.4) is 0 Å². The Morgan fingerprint density at radius 2 is 2.19 bits per heavy atom. The Morgan fingerprint density at radius 3 is 2.75 bits per heavy atom. The highest BCUT2D eigenvalue weighted by Crippen LogP contribution is 2.38. The van der Waals surface area contributed by atoms with Gasteiger partial charge in [0, 0.05) is 16.6 Å². The first-order chi connectivity index (χ1) is 7.74. The molecule has 0 spiro atoms. The summed E-state index contributed by atoms with van der Waals surface area (Å²) in [5, 5.41) is 9.04. The van der Waals surface area contributed by atoms with Crippen LogP contribution in [0.1, 0.15) is 18.4 Å². The van der Waals surface area contributed by atoms with E-state index in [0.717, 1.165) is 34.4 Å². The summed E-state index contributed by atoms with van der Waals surface area (Å²) < 4.78 is 12.1. The van der Waals surface area contributed by atoms with Crippen LogP contribution in [-0.4, -0.2) is 24.9 Å². The Bertz CT molecular complexity index is 375. The molecule has 0 aliphatic heterocycles. The highest BCUT2D eigenvalue weighted by Gasteiger charge is 2.26. The standard InChI is InChI=1S/C12H15BrO3/c1-15-11-7-9(13)6-8(4-5-14)12(11)16-10-2-3-10/h6-7,10,14H,2-5H2,1H3. The van der Waals surface area contributed by atoms with Crippen molar-refractivity contribution in [3.8, 4) is 11.5 Å². The quantitative estimate of drug-likeness (QED) is 0.904. The number of rotatable bonds is 5. The summed E-state index contributed by atoms with van der Waals surface area (Å²) in [5.41, 5.74) is 0.987. The first-order valence-corrected chi connectivity index (χ1v) is 6.18. The fourth-order valence-electron chi connectivity index (χ4n) is 1.57. The fraction of sp³-hybridized carbons (Fsp3) is 0.500. The van der Waals surface area contributed by atoms with Gasteiger partial charge in [-0.2, -0.15) is 0 Å². The van der Waals surface area contributed by atoms with E-state index < -0.39 is 0 Å². The zero-order valence-electron chi connectivity index (χ0n) is 9.20. The zero-order chi connectivity index (χ0) is 11.5. The van der Waals surface area contributed by atoms with Crippen molar-refractivity contribution in [3.05, 3.63) is 22.2 Å². The minimum atomic E-state index is 0.112. The molecule has 1 aromatic carbocycles. The average Bonchev–Trinajstić information content (AvgIpc) is 3.05. The van der Waals surface area contributed by atoms with Gasteiger partial charge in [0.1, 0.15) is 0 Å². The number of methoxy groups -OCH3 is 1. The van der Waals surface area contributed by atoms with Gasteiger partial charge in [0.25, 0.3) is 0 Å². The Morgan fingerprint density at radius 1 is 1.44 bits per heavy atom. The summed E-state index contributed by atoms with van der Waals surface area (Å²) in [6.07, 6.45) is 3.13. The first kappa shape index (κ1) is 11.7. The second-order valence-electron chi connectivity index (χ2n) is 3.89. The number of hydrogen-bond acceptors (Lipinski definition) is 3. The maximum absolute atomic E-state index is 9.04. The van der Waals surface area contributed by atoms with E-state index in [0.29, 0.717) is 12.5 Å². The van der Waals surface area contributed by atoms with Crippen molar-refractivity contribution in [2.45, 2.75) is 25.4 Å². The molecule has 0 heterocycles. The summed E-state index contributed by atoms with van der Waals surface area (Å²) in [4.78, 5) is 0. The molecule has 1 N–H and O–H groups in total. The van der Waals surface area contributed by atoms with Gasteiger partial charge in [-0.15, -0.1) is 0 Å². The van der Waals surface area contributed by atoms with Crippen LogP contribution in [0.4, 0.5) is 0 Å². The van der Waals surface area contributed by atoms with Gasteiger partial charge in [-0.1, -0.05) is 15.9 Å². The van der Waals surface area contributed by atoms with E-state index in [1.165, 1.54) is 0 Å². The monoisotopic (exact) mass is 286 g/mol. The minimum Gasteiger partial charge on any atom is -0.493 e. The fourth-order valence-corrected chi connectivity index (χ4v) is 2.05. The van der Waals surface area contributed by atoms with Gasteiger partial charge < -0.3 is 14.6 Å². The summed E-state index contributed by atoms with van der Waals surface area (Å²) >= 11 is 3.42. The molecule has 0 unspecified atom stereocenters. The van der Waals surface area contributed by atoms with Gasteiger partial charge in [-0.05, 0) is 31.4 Å². The molecule has 16 heavy (non-hydrogen) atoms. The molecular formula is C12H15BrO3. The lowest BCUT2D eigenvalue weighted by molar-refractivity contribution is 0.269. The van der Waals surface area contributed by atoms with Crippen molar-refractivity contribution in [3.63, 3.8) is 0 Å². The van der Waals surface area contributed by atoms with Gasteiger partial charge in [0.15, 0.2) is 11.5 Å². The highest BCUT2D eigenvalue weighted by atomic mass is 79.9. The number of hydrogen-bond donors (Lipinski definition) is 1. The SMILES string of the molecule is COc1cc(Br)cc(CCO)c1OC1CC1. The minimum absolute atomic E-state index is 0.112. The van der Waals surface area contributed by atoms with Crippen LogP contribution < -0.4 is 9.47 Å². The molecule has 88 valence electrons. The third-order valence-corrected chi connectivity index (χ3v) is 2.96. The molecule has 3 nitrogen and oxygen atoms in total. The number of aliphatic hydroxyl groups excluding tert-OH is 1. The maximum atomic E-state index is 9.04. The van der Waals surface area contributed by atoms with E-state index >= 15 is 0 Å². The largest absolute Gasteiger partial charge is 0.493 e. The third kappa shape index (κ3) is 2.68. The molecule has 0 atom stereocenters. The summed E-state index contributed by atoms with van der Waals surface area (Å²) in [5.74, 6) is 1.51. The Hall–Kier alpha value is -0.740. The molecule has 4 heteroatoms. The molecule has 1 aromatic rings. The Kier molecular flexibility index (Phi) is 3.71. The van der Waals surface area contributed by atoms with Crippen LogP contribution in [0.2, 0.25) is 0 Å². The van der Waals surface area contributed by atoms with Crippen LogP contribution in [0.15, 0.2) is 16.6 Å². The second kappa shape index (κ2) is 5.06. The normalized spacial score (nSPS) is 14.9. The smallest absolute Gasteiger partial charge is 0.164 e. The van der Waals surface area contributed by atoms with Gasteiger partial charge >= 0.3 is 0 Å². The van der Waals surface area contributed by atoms with Crippen molar-refractivity contribution < 1.29 is 14.6 Å². The van der Waals surface area contributed by atoms with E-state index in [2.05, 4.69) is 15.9 Å². The summed E-state index contributed by atoms with van der Waals surface area (Å²) in [6.45, 7) is 0.112. The molecule has 0 saturated heterocycles. The van der Waals surface area contributed by atoms with E-state index in [1.807, 2.05) is 12.1 Å². The molecular weight excluding hydrogens is 272 g/mol. The van der Waals surface area contributed by atoms with Gasteiger partial charge in [-0.25, -0.2) is 0 Å². The summed E-state index contributed by atoms with van der Waals surface area (Å²) in [7, 11) is 1.63. The topological polar surface area (TPSA) is 38.7 Å². The van der Waals surface area contributed by atoms with E-state index in [4.69, 9.17) is 14.6 Å². The molecule has 0 aromatic heterocycles. The predicted molar refractivity (Wildman–Crippen MR) is 65.1 cm³/mol. The highest BCUT2D eigenvalue weighted by molar-refractivity contribution is 9.10. The van der Waals surface area contributed by atoms with E-state index in [1.54, 1.807) is 7.11 Å². The van der Waals surface area contributed by atoms with Gasteiger partial charge in [-0.3, -0.25) is 0 Å². The first-order valence-electron chi connectivity index (χ1n) is 5.38. The number of benzene rings is 1. The zero-order valence-corrected chi connectivity index (χ0v) is 10.8. The van der Waals surface area contributed by atoms with Crippen LogP contribution in [0.25, 0.3) is 0 Å². The van der Waals surface area contributed by atoms with E-state index in [9.17, 15) is 0 Å². The van der Waals surface area contributed by atoms with Crippen LogP contribution in [0.5, 0.6) is 11.5 Å². The van der Waals surface area contributed by atoms with Crippen molar-refractivity contribution in [1.29, 1.82) is 0 Å². The lowest BCUT2D eigenvalue weighted by Gasteiger charge is -2.15. The van der Waals surface area contributed by atoms with Crippen LogP contribution in [0, 0.1) is 0 Å². The molecule has 0 amide bonds. The molecule has 2 rings (SSSR count). The second-order valence-corrected chi connectivity index (χ2v) is 4.80. The van der Waals surface area contributed by atoms with Gasteiger partial charge in [0.2, 0.25) is 0 Å². The molecule has 1 aliphatic rings.